The number of amides is 2. The summed E-state index contributed by atoms with van der Waals surface area (Å²) in [5.41, 5.74) is 6.94. The first-order valence-corrected chi connectivity index (χ1v) is 7.62. The zero-order valence-electron chi connectivity index (χ0n) is 13.2. The lowest BCUT2D eigenvalue weighted by Crippen LogP contribution is -2.18. The van der Waals surface area contributed by atoms with Gasteiger partial charge in [0.2, 0.25) is 5.91 Å². The minimum absolute atomic E-state index is 0.0696. The molecule has 0 atom stereocenters. The highest BCUT2D eigenvalue weighted by molar-refractivity contribution is 6.30. The topological polar surface area (TPSA) is 121 Å². The molecular formula is C15H14ClN7O2. The monoisotopic (exact) mass is 359 g/mol. The molecule has 2 aromatic heterocycles. The minimum Gasteiger partial charge on any atom is -0.368 e. The van der Waals surface area contributed by atoms with E-state index in [1.807, 2.05) is 6.07 Å². The molecule has 0 aliphatic rings. The standard InChI is InChI=1S/C15H14ClN7O2/c1-9-14(20-21-23(9)12-4-2-3-10(16)5-12)15(25)19-11-6-18-22(7-11)8-13(17)24/h2-7H,8H2,1H3,(H2,17,24)(H,19,25). The quantitative estimate of drug-likeness (QED) is 0.708. The van der Waals surface area contributed by atoms with Crippen LogP contribution in [0.4, 0.5) is 5.69 Å². The Morgan fingerprint density at radius 3 is 2.88 bits per heavy atom. The van der Waals surface area contributed by atoms with Crippen molar-refractivity contribution in [3.05, 3.63) is 53.1 Å². The molecule has 0 aliphatic heterocycles. The van der Waals surface area contributed by atoms with Crippen LogP contribution in [0.3, 0.4) is 0 Å². The van der Waals surface area contributed by atoms with Crippen LogP contribution in [0.25, 0.3) is 5.69 Å². The van der Waals surface area contributed by atoms with Gasteiger partial charge in [-0.15, -0.1) is 5.10 Å². The van der Waals surface area contributed by atoms with Crippen LogP contribution >= 0.6 is 11.6 Å². The van der Waals surface area contributed by atoms with Gasteiger partial charge in [-0.05, 0) is 25.1 Å². The van der Waals surface area contributed by atoms with Crippen molar-refractivity contribution < 1.29 is 9.59 Å². The molecule has 2 heterocycles. The van der Waals surface area contributed by atoms with E-state index in [1.165, 1.54) is 21.8 Å². The lowest BCUT2D eigenvalue weighted by atomic mass is 10.3. The summed E-state index contributed by atoms with van der Waals surface area (Å²) in [6.07, 6.45) is 2.91. The second-order valence-electron chi connectivity index (χ2n) is 5.26. The van der Waals surface area contributed by atoms with Crippen molar-refractivity contribution in [3.63, 3.8) is 0 Å². The largest absolute Gasteiger partial charge is 0.368 e. The summed E-state index contributed by atoms with van der Waals surface area (Å²) in [6.45, 7) is 1.66. The average Bonchev–Trinajstić information content (AvgIpc) is 3.13. The number of primary amides is 1. The van der Waals surface area contributed by atoms with Crippen LogP contribution in [-0.4, -0.2) is 36.6 Å². The third-order valence-electron chi connectivity index (χ3n) is 3.37. The maximum Gasteiger partial charge on any atom is 0.278 e. The van der Waals surface area contributed by atoms with E-state index in [4.69, 9.17) is 17.3 Å². The summed E-state index contributed by atoms with van der Waals surface area (Å²) >= 11 is 5.98. The van der Waals surface area contributed by atoms with Crippen molar-refractivity contribution in [2.45, 2.75) is 13.5 Å². The van der Waals surface area contributed by atoms with E-state index in [0.29, 0.717) is 22.1 Å². The van der Waals surface area contributed by atoms with Crippen LogP contribution in [0.2, 0.25) is 5.02 Å². The van der Waals surface area contributed by atoms with E-state index < -0.39 is 11.8 Å². The van der Waals surface area contributed by atoms with Crippen LogP contribution in [-0.2, 0) is 11.3 Å². The summed E-state index contributed by atoms with van der Waals surface area (Å²) in [7, 11) is 0. The maximum absolute atomic E-state index is 12.4. The number of hydrogen-bond acceptors (Lipinski definition) is 5. The number of hydrogen-bond donors (Lipinski definition) is 2. The van der Waals surface area contributed by atoms with Gasteiger partial charge in [-0.2, -0.15) is 5.10 Å². The number of benzene rings is 1. The van der Waals surface area contributed by atoms with Crippen LogP contribution in [0.15, 0.2) is 36.7 Å². The van der Waals surface area contributed by atoms with Crippen molar-refractivity contribution in [1.29, 1.82) is 0 Å². The first-order chi connectivity index (χ1) is 11.9. The number of nitrogens with zero attached hydrogens (tertiary/aromatic N) is 5. The van der Waals surface area contributed by atoms with E-state index in [1.54, 1.807) is 25.1 Å². The van der Waals surface area contributed by atoms with Gasteiger partial charge in [0, 0.05) is 11.2 Å². The van der Waals surface area contributed by atoms with Gasteiger partial charge in [0.05, 0.1) is 23.3 Å². The highest BCUT2D eigenvalue weighted by atomic mass is 35.5. The zero-order valence-corrected chi connectivity index (χ0v) is 13.9. The Hall–Kier alpha value is -3.20. The van der Waals surface area contributed by atoms with Gasteiger partial charge in [0.15, 0.2) is 5.69 Å². The number of rotatable bonds is 5. The summed E-state index contributed by atoms with van der Waals surface area (Å²) < 4.78 is 2.85. The molecule has 0 unspecified atom stereocenters. The number of nitrogens with two attached hydrogens (primary N) is 1. The van der Waals surface area contributed by atoms with Gasteiger partial charge in [-0.3, -0.25) is 14.3 Å². The highest BCUT2D eigenvalue weighted by Gasteiger charge is 2.18. The Balaban J connectivity index is 1.79. The van der Waals surface area contributed by atoms with E-state index in [2.05, 4.69) is 20.7 Å². The lowest BCUT2D eigenvalue weighted by Gasteiger charge is -2.04. The van der Waals surface area contributed by atoms with Crippen LogP contribution in [0, 0.1) is 6.92 Å². The van der Waals surface area contributed by atoms with E-state index in [-0.39, 0.29) is 12.2 Å². The molecule has 1 aromatic carbocycles. The summed E-state index contributed by atoms with van der Waals surface area (Å²) in [5, 5.41) is 15.1. The van der Waals surface area contributed by atoms with Crippen molar-refractivity contribution in [2.75, 3.05) is 5.32 Å². The van der Waals surface area contributed by atoms with Gasteiger partial charge < -0.3 is 11.1 Å². The third kappa shape index (κ3) is 3.66. The number of carbonyl (C=O) groups excluding carboxylic acids is 2. The molecule has 128 valence electrons. The molecule has 3 rings (SSSR count). The van der Waals surface area contributed by atoms with Gasteiger partial charge in [0.1, 0.15) is 6.54 Å². The summed E-state index contributed by atoms with van der Waals surface area (Å²) in [5.74, 6) is -0.967. The van der Waals surface area contributed by atoms with E-state index >= 15 is 0 Å². The Morgan fingerprint density at radius 2 is 2.16 bits per heavy atom. The average molecular weight is 360 g/mol. The van der Waals surface area contributed by atoms with Gasteiger partial charge in [-0.25, -0.2) is 4.68 Å². The number of nitrogens with one attached hydrogen (secondary N) is 1. The third-order valence-corrected chi connectivity index (χ3v) is 3.61. The molecule has 0 bridgehead atoms. The van der Waals surface area contributed by atoms with Gasteiger partial charge in [0.25, 0.3) is 5.91 Å². The molecule has 0 saturated carbocycles. The Morgan fingerprint density at radius 1 is 1.36 bits per heavy atom. The molecule has 0 aliphatic carbocycles. The fourth-order valence-electron chi connectivity index (χ4n) is 2.26. The fourth-order valence-corrected chi connectivity index (χ4v) is 2.44. The molecular weight excluding hydrogens is 346 g/mol. The Kier molecular flexibility index (Phi) is 4.48. The number of carbonyl (C=O) groups is 2. The van der Waals surface area contributed by atoms with Gasteiger partial charge in [-0.1, -0.05) is 22.9 Å². The number of aromatic nitrogens is 5. The molecule has 10 heteroatoms. The molecule has 0 spiro atoms. The Bertz CT molecular complexity index is 947. The molecule has 0 fully saturated rings. The van der Waals surface area contributed by atoms with Crippen molar-refractivity contribution in [3.8, 4) is 5.69 Å². The molecule has 3 N–H and O–H groups in total. The molecule has 0 saturated heterocycles. The maximum atomic E-state index is 12.4. The molecule has 25 heavy (non-hydrogen) atoms. The predicted octanol–water partition coefficient (Wildman–Crippen LogP) is 1.16. The van der Waals surface area contributed by atoms with Crippen molar-refractivity contribution >= 4 is 29.1 Å². The van der Waals surface area contributed by atoms with Crippen LogP contribution in [0.5, 0.6) is 0 Å². The first-order valence-electron chi connectivity index (χ1n) is 7.24. The first kappa shape index (κ1) is 16.7. The smallest absolute Gasteiger partial charge is 0.278 e. The summed E-state index contributed by atoms with van der Waals surface area (Å²) in [6, 6.07) is 7.06. The Labute approximate surface area is 147 Å². The fraction of sp³-hybridized carbons (Fsp3) is 0.133. The van der Waals surface area contributed by atoms with Crippen LogP contribution in [0.1, 0.15) is 16.2 Å². The minimum atomic E-state index is -0.527. The SMILES string of the molecule is Cc1c(C(=O)Nc2cnn(CC(N)=O)c2)nnn1-c1cccc(Cl)c1. The second kappa shape index (κ2) is 6.73. The molecule has 9 nitrogen and oxygen atoms in total. The second-order valence-corrected chi connectivity index (χ2v) is 5.70. The number of halogens is 1. The predicted molar refractivity (Wildman–Crippen MR) is 90.5 cm³/mol. The zero-order chi connectivity index (χ0) is 18.0. The van der Waals surface area contributed by atoms with E-state index in [9.17, 15) is 9.59 Å². The summed E-state index contributed by atoms with van der Waals surface area (Å²) in [4.78, 5) is 23.3. The normalized spacial score (nSPS) is 10.6. The molecule has 2 amide bonds. The van der Waals surface area contributed by atoms with Gasteiger partial charge >= 0.3 is 0 Å². The lowest BCUT2D eigenvalue weighted by molar-refractivity contribution is -0.118. The number of anilines is 1. The van der Waals surface area contributed by atoms with Crippen LogP contribution < -0.4 is 11.1 Å². The molecule has 3 aromatic rings. The van der Waals surface area contributed by atoms with E-state index in [0.717, 1.165) is 0 Å². The van der Waals surface area contributed by atoms with Crippen molar-refractivity contribution in [1.82, 2.24) is 24.8 Å². The highest BCUT2D eigenvalue weighted by Crippen LogP contribution is 2.17. The van der Waals surface area contributed by atoms with Crippen molar-refractivity contribution in [2.24, 2.45) is 5.73 Å². The molecule has 0 radical (unpaired) electrons.